The average molecular weight is 279 g/mol. The molecule has 4 nitrogen and oxygen atoms in total. The Balaban J connectivity index is 2.01. The molecule has 0 spiro atoms. The summed E-state index contributed by atoms with van der Waals surface area (Å²) < 4.78 is 7.35. The maximum Gasteiger partial charge on any atom is 0.0669 e. The van der Waals surface area contributed by atoms with Crippen LogP contribution in [0.2, 0.25) is 0 Å². The van der Waals surface area contributed by atoms with Gasteiger partial charge in [-0.05, 0) is 25.2 Å². The predicted octanol–water partition coefficient (Wildman–Crippen LogP) is 2.54. The summed E-state index contributed by atoms with van der Waals surface area (Å²) in [6.45, 7) is 8.11. The van der Waals surface area contributed by atoms with Crippen LogP contribution >= 0.6 is 0 Å². The fourth-order valence-corrected chi connectivity index (χ4v) is 2.76. The molecule has 0 unspecified atom stereocenters. The van der Waals surface area contributed by atoms with Crippen LogP contribution in [0, 0.1) is 5.92 Å². The van der Waals surface area contributed by atoms with E-state index < -0.39 is 0 Å². The van der Waals surface area contributed by atoms with Crippen LogP contribution in [0.3, 0.4) is 0 Å². The van der Waals surface area contributed by atoms with Gasteiger partial charge in [0.15, 0.2) is 0 Å². The first-order chi connectivity index (χ1) is 9.80. The summed E-state index contributed by atoms with van der Waals surface area (Å²) >= 11 is 0. The minimum atomic E-state index is 0.763. The lowest BCUT2D eigenvalue weighted by atomic mass is 10.1. The van der Waals surface area contributed by atoms with Crippen molar-refractivity contribution in [3.8, 4) is 0 Å². The molecule has 0 radical (unpaired) electrons. The van der Waals surface area contributed by atoms with Gasteiger partial charge < -0.3 is 10.1 Å². The molecule has 0 aromatic carbocycles. The molecule has 1 fully saturated rings. The molecule has 0 aliphatic heterocycles. The van der Waals surface area contributed by atoms with E-state index in [-0.39, 0.29) is 0 Å². The number of nitrogens with one attached hydrogen (secondary N) is 1. The highest BCUT2D eigenvalue weighted by Crippen LogP contribution is 2.33. The van der Waals surface area contributed by atoms with Crippen molar-refractivity contribution in [3.05, 3.63) is 17.0 Å². The molecule has 1 aromatic heterocycles. The second-order valence-corrected chi connectivity index (χ2v) is 5.70. The summed E-state index contributed by atoms with van der Waals surface area (Å²) in [4.78, 5) is 0. The van der Waals surface area contributed by atoms with E-state index in [0.29, 0.717) is 0 Å². The third kappa shape index (κ3) is 4.06. The number of rotatable bonds is 10. The van der Waals surface area contributed by atoms with Gasteiger partial charge in [0.25, 0.3) is 0 Å². The first-order valence-corrected chi connectivity index (χ1v) is 8.07. The number of hydrogen-bond donors (Lipinski definition) is 1. The van der Waals surface area contributed by atoms with E-state index in [0.717, 1.165) is 45.0 Å². The maximum absolute atomic E-state index is 5.09. The van der Waals surface area contributed by atoms with Crippen LogP contribution in [-0.4, -0.2) is 30.0 Å². The minimum absolute atomic E-state index is 0.763. The Morgan fingerprint density at radius 1 is 1.30 bits per heavy atom. The smallest absolute Gasteiger partial charge is 0.0669 e. The minimum Gasteiger partial charge on any atom is -0.383 e. The highest BCUT2D eigenvalue weighted by molar-refractivity contribution is 5.26. The topological polar surface area (TPSA) is 39.1 Å². The van der Waals surface area contributed by atoms with Crippen LogP contribution in [0.4, 0.5) is 0 Å². The lowest BCUT2D eigenvalue weighted by Crippen LogP contribution is -2.20. The molecule has 2 rings (SSSR count). The molecular weight excluding hydrogens is 250 g/mol. The van der Waals surface area contributed by atoms with Crippen LogP contribution in [0.5, 0.6) is 0 Å². The molecule has 4 heteroatoms. The van der Waals surface area contributed by atoms with Gasteiger partial charge >= 0.3 is 0 Å². The zero-order chi connectivity index (χ0) is 14.4. The summed E-state index contributed by atoms with van der Waals surface area (Å²) in [5.74, 6) is 0.970. The van der Waals surface area contributed by atoms with Crippen LogP contribution in [0.15, 0.2) is 0 Å². The quantitative estimate of drug-likeness (QED) is 0.669. The standard InChI is InChI=1S/C16H29N3O/c1-4-15-14(12-17-9-11-20-3)16(5-2)19(18-15)10-8-13-6-7-13/h13,17H,4-12H2,1-3H3. The number of hydrogen-bond acceptors (Lipinski definition) is 3. The molecule has 0 bridgehead atoms. The molecule has 0 atom stereocenters. The largest absolute Gasteiger partial charge is 0.383 e. The van der Waals surface area contributed by atoms with E-state index in [9.17, 15) is 0 Å². The van der Waals surface area contributed by atoms with Gasteiger partial charge in [-0.2, -0.15) is 5.10 Å². The number of nitrogens with zero attached hydrogens (tertiary/aromatic N) is 2. The molecular formula is C16H29N3O. The molecule has 0 saturated heterocycles. The van der Waals surface area contributed by atoms with Gasteiger partial charge in [-0.3, -0.25) is 4.68 Å². The van der Waals surface area contributed by atoms with Gasteiger partial charge in [-0.15, -0.1) is 0 Å². The molecule has 1 aliphatic rings. The van der Waals surface area contributed by atoms with Crippen molar-refractivity contribution in [3.63, 3.8) is 0 Å². The number of aryl methyl sites for hydroxylation is 2. The van der Waals surface area contributed by atoms with Gasteiger partial charge in [-0.25, -0.2) is 0 Å². The van der Waals surface area contributed by atoms with Crippen LogP contribution < -0.4 is 5.32 Å². The second-order valence-electron chi connectivity index (χ2n) is 5.70. The Kier molecular flexibility index (Phi) is 6.05. The van der Waals surface area contributed by atoms with Crippen molar-refractivity contribution in [2.75, 3.05) is 20.3 Å². The average Bonchev–Trinajstić information content (AvgIpc) is 3.23. The van der Waals surface area contributed by atoms with Gasteiger partial charge in [0.05, 0.1) is 12.3 Å². The highest BCUT2D eigenvalue weighted by Gasteiger charge is 2.22. The fourth-order valence-electron chi connectivity index (χ4n) is 2.76. The monoisotopic (exact) mass is 279 g/mol. The first-order valence-electron chi connectivity index (χ1n) is 8.07. The van der Waals surface area contributed by atoms with Gasteiger partial charge in [0, 0.05) is 38.0 Å². The van der Waals surface area contributed by atoms with E-state index >= 15 is 0 Å². The third-order valence-corrected chi connectivity index (χ3v) is 4.15. The van der Waals surface area contributed by atoms with Crippen molar-refractivity contribution >= 4 is 0 Å². The van der Waals surface area contributed by atoms with E-state index in [1.165, 1.54) is 36.2 Å². The van der Waals surface area contributed by atoms with Gasteiger partial charge in [0.2, 0.25) is 0 Å². The number of methoxy groups -OCH3 is 1. The normalized spacial score (nSPS) is 14.9. The van der Waals surface area contributed by atoms with Crippen molar-refractivity contribution in [1.29, 1.82) is 0 Å². The summed E-state index contributed by atoms with van der Waals surface area (Å²) in [6.07, 6.45) is 6.24. The first kappa shape index (κ1) is 15.5. The summed E-state index contributed by atoms with van der Waals surface area (Å²) in [5, 5.41) is 8.31. The van der Waals surface area contributed by atoms with Crippen molar-refractivity contribution < 1.29 is 4.74 Å². The summed E-state index contributed by atoms with van der Waals surface area (Å²) in [5.41, 5.74) is 4.11. The Morgan fingerprint density at radius 2 is 2.10 bits per heavy atom. The zero-order valence-corrected chi connectivity index (χ0v) is 13.2. The lowest BCUT2D eigenvalue weighted by molar-refractivity contribution is 0.199. The van der Waals surface area contributed by atoms with E-state index in [1.54, 1.807) is 7.11 Å². The molecule has 0 amide bonds. The van der Waals surface area contributed by atoms with Crippen molar-refractivity contribution in [2.24, 2.45) is 5.92 Å². The molecule has 1 saturated carbocycles. The predicted molar refractivity (Wildman–Crippen MR) is 81.9 cm³/mol. The fraction of sp³-hybridized carbons (Fsp3) is 0.812. The molecule has 1 N–H and O–H groups in total. The molecule has 20 heavy (non-hydrogen) atoms. The molecule has 1 aromatic rings. The number of ether oxygens (including phenoxy) is 1. The highest BCUT2D eigenvalue weighted by atomic mass is 16.5. The van der Waals surface area contributed by atoms with Crippen LogP contribution in [0.1, 0.15) is 50.1 Å². The maximum atomic E-state index is 5.09. The van der Waals surface area contributed by atoms with Crippen molar-refractivity contribution in [1.82, 2.24) is 15.1 Å². The molecule has 1 aliphatic carbocycles. The second kappa shape index (κ2) is 7.79. The third-order valence-electron chi connectivity index (χ3n) is 4.15. The zero-order valence-electron chi connectivity index (χ0n) is 13.2. The van der Waals surface area contributed by atoms with Crippen LogP contribution in [0.25, 0.3) is 0 Å². The Bertz CT molecular complexity index is 410. The van der Waals surface area contributed by atoms with E-state index in [4.69, 9.17) is 9.84 Å². The Morgan fingerprint density at radius 3 is 2.70 bits per heavy atom. The molecule has 1 heterocycles. The Labute approximate surface area is 122 Å². The molecule has 114 valence electrons. The SMILES string of the molecule is CCc1nn(CCC2CC2)c(CC)c1CNCCOC. The van der Waals surface area contributed by atoms with E-state index in [2.05, 4.69) is 23.8 Å². The lowest BCUT2D eigenvalue weighted by Gasteiger charge is -2.09. The number of aromatic nitrogens is 2. The van der Waals surface area contributed by atoms with Crippen LogP contribution in [-0.2, 0) is 30.7 Å². The summed E-state index contributed by atoms with van der Waals surface area (Å²) in [7, 11) is 1.74. The summed E-state index contributed by atoms with van der Waals surface area (Å²) in [6, 6.07) is 0. The van der Waals surface area contributed by atoms with Crippen molar-refractivity contribution in [2.45, 2.75) is 59.0 Å². The Hall–Kier alpha value is -0.870. The van der Waals surface area contributed by atoms with Gasteiger partial charge in [-0.1, -0.05) is 26.7 Å². The van der Waals surface area contributed by atoms with Gasteiger partial charge in [0.1, 0.15) is 0 Å². The van der Waals surface area contributed by atoms with E-state index in [1.807, 2.05) is 0 Å².